The van der Waals surface area contributed by atoms with Gasteiger partial charge in [0.15, 0.2) is 0 Å². The molecule has 2 atom stereocenters. The molecule has 2 fully saturated rings. The normalized spacial score (nSPS) is 35.9. The summed E-state index contributed by atoms with van der Waals surface area (Å²) in [6, 6.07) is 0. The lowest BCUT2D eigenvalue weighted by Gasteiger charge is -2.32. The molecule has 3 N–H and O–H groups in total. The molecule has 0 radical (unpaired) electrons. The molecule has 0 aliphatic heterocycles. The van der Waals surface area contributed by atoms with E-state index in [1.807, 2.05) is 0 Å². The van der Waals surface area contributed by atoms with Crippen LogP contribution in [-0.2, 0) is 4.79 Å². The van der Waals surface area contributed by atoms with Crippen LogP contribution >= 0.6 is 0 Å². The van der Waals surface area contributed by atoms with Crippen LogP contribution in [0.3, 0.4) is 0 Å². The highest BCUT2D eigenvalue weighted by Crippen LogP contribution is 2.30. The Morgan fingerprint density at radius 1 is 1.05 bits per heavy atom. The van der Waals surface area contributed by atoms with Gasteiger partial charge in [-0.1, -0.05) is 19.8 Å². The van der Waals surface area contributed by atoms with Gasteiger partial charge in [0.25, 0.3) is 0 Å². The second kappa shape index (κ2) is 7.28. The summed E-state index contributed by atoms with van der Waals surface area (Å²) in [7, 11) is 0. The van der Waals surface area contributed by atoms with E-state index in [9.17, 15) is 4.79 Å². The SMILES string of the molecule is CC1CCC(C(=O)NCC2CCCCC2CN)CC1. The fraction of sp³-hybridized carbons (Fsp3) is 0.938. The number of carbonyl (C=O) groups excluding carboxylic acids is 1. The highest BCUT2D eigenvalue weighted by Gasteiger charge is 2.27. The first-order chi connectivity index (χ1) is 9.20. The molecule has 0 saturated heterocycles. The zero-order valence-corrected chi connectivity index (χ0v) is 12.4. The van der Waals surface area contributed by atoms with E-state index in [0.717, 1.165) is 31.8 Å². The van der Waals surface area contributed by atoms with Crippen LogP contribution in [0, 0.1) is 23.7 Å². The summed E-state index contributed by atoms with van der Waals surface area (Å²) >= 11 is 0. The van der Waals surface area contributed by atoms with Gasteiger partial charge >= 0.3 is 0 Å². The molecule has 110 valence electrons. The van der Waals surface area contributed by atoms with Gasteiger partial charge in [-0.3, -0.25) is 4.79 Å². The lowest BCUT2D eigenvalue weighted by Crippen LogP contribution is -2.40. The molecule has 0 spiro atoms. The topological polar surface area (TPSA) is 55.1 Å². The van der Waals surface area contributed by atoms with Gasteiger partial charge in [-0.15, -0.1) is 0 Å². The Bertz CT molecular complexity index is 284. The number of carbonyl (C=O) groups is 1. The Morgan fingerprint density at radius 3 is 2.32 bits per heavy atom. The molecule has 0 bridgehead atoms. The van der Waals surface area contributed by atoms with E-state index in [1.165, 1.54) is 38.5 Å². The Kier molecular flexibility index (Phi) is 5.68. The summed E-state index contributed by atoms with van der Waals surface area (Å²) in [4.78, 5) is 12.2. The van der Waals surface area contributed by atoms with Gasteiger partial charge in [0.2, 0.25) is 5.91 Å². The van der Waals surface area contributed by atoms with E-state index in [1.54, 1.807) is 0 Å². The minimum absolute atomic E-state index is 0.274. The van der Waals surface area contributed by atoms with Gasteiger partial charge in [0.05, 0.1) is 0 Å². The van der Waals surface area contributed by atoms with Crippen LogP contribution in [0.4, 0.5) is 0 Å². The number of nitrogens with one attached hydrogen (secondary N) is 1. The number of hydrogen-bond acceptors (Lipinski definition) is 2. The molecule has 3 heteroatoms. The summed E-state index contributed by atoms with van der Waals surface area (Å²) in [5.74, 6) is 2.62. The van der Waals surface area contributed by atoms with Crippen LogP contribution in [0.15, 0.2) is 0 Å². The predicted molar refractivity (Wildman–Crippen MR) is 78.6 cm³/mol. The van der Waals surface area contributed by atoms with E-state index in [2.05, 4.69) is 12.2 Å². The summed E-state index contributed by atoms with van der Waals surface area (Å²) in [5.41, 5.74) is 5.85. The van der Waals surface area contributed by atoms with Gasteiger partial charge in [0, 0.05) is 12.5 Å². The molecular weight excluding hydrogens is 236 g/mol. The third-order valence-corrected chi connectivity index (χ3v) is 5.29. The fourth-order valence-electron chi connectivity index (χ4n) is 3.76. The monoisotopic (exact) mass is 266 g/mol. The maximum atomic E-state index is 12.2. The second-order valence-corrected chi connectivity index (χ2v) is 6.74. The lowest BCUT2D eigenvalue weighted by molar-refractivity contribution is -0.126. The fourth-order valence-corrected chi connectivity index (χ4v) is 3.76. The van der Waals surface area contributed by atoms with Crippen molar-refractivity contribution in [2.75, 3.05) is 13.1 Å². The Balaban J connectivity index is 1.73. The largest absolute Gasteiger partial charge is 0.356 e. The van der Waals surface area contributed by atoms with E-state index in [-0.39, 0.29) is 5.92 Å². The predicted octanol–water partition coefficient (Wildman–Crippen LogP) is 2.69. The van der Waals surface area contributed by atoms with Crippen molar-refractivity contribution in [3.05, 3.63) is 0 Å². The van der Waals surface area contributed by atoms with Crippen LogP contribution in [0.1, 0.15) is 58.3 Å². The molecule has 3 nitrogen and oxygen atoms in total. The zero-order chi connectivity index (χ0) is 13.7. The van der Waals surface area contributed by atoms with Gasteiger partial charge in [0.1, 0.15) is 0 Å². The molecule has 2 aliphatic rings. The quantitative estimate of drug-likeness (QED) is 0.822. The third kappa shape index (κ3) is 4.20. The van der Waals surface area contributed by atoms with Crippen molar-refractivity contribution < 1.29 is 4.79 Å². The first-order valence-electron chi connectivity index (χ1n) is 8.18. The highest BCUT2D eigenvalue weighted by molar-refractivity contribution is 5.78. The molecule has 0 aromatic heterocycles. The Hall–Kier alpha value is -0.570. The van der Waals surface area contributed by atoms with Crippen molar-refractivity contribution >= 4 is 5.91 Å². The lowest BCUT2D eigenvalue weighted by atomic mass is 9.79. The van der Waals surface area contributed by atoms with E-state index < -0.39 is 0 Å². The first-order valence-corrected chi connectivity index (χ1v) is 8.18. The summed E-state index contributed by atoms with van der Waals surface area (Å²) in [6.07, 6.45) is 9.70. The van der Waals surface area contributed by atoms with Crippen LogP contribution in [-0.4, -0.2) is 19.0 Å². The maximum absolute atomic E-state index is 12.2. The van der Waals surface area contributed by atoms with E-state index in [4.69, 9.17) is 5.73 Å². The van der Waals surface area contributed by atoms with Crippen molar-refractivity contribution in [3.63, 3.8) is 0 Å². The van der Waals surface area contributed by atoms with Gasteiger partial charge in [-0.2, -0.15) is 0 Å². The van der Waals surface area contributed by atoms with Crippen molar-refractivity contribution in [2.45, 2.75) is 58.3 Å². The van der Waals surface area contributed by atoms with Crippen LogP contribution in [0.5, 0.6) is 0 Å². The smallest absolute Gasteiger partial charge is 0.223 e. The third-order valence-electron chi connectivity index (χ3n) is 5.29. The Morgan fingerprint density at radius 2 is 1.68 bits per heavy atom. The number of amides is 1. The minimum Gasteiger partial charge on any atom is -0.356 e. The standard InChI is InChI=1S/C16H30N2O/c1-12-6-8-13(9-7-12)16(19)18-11-15-5-3-2-4-14(15)10-17/h12-15H,2-11,17H2,1H3,(H,18,19). The molecule has 2 unspecified atom stereocenters. The van der Waals surface area contributed by atoms with Crippen LogP contribution in [0.2, 0.25) is 0 Å². The first kappa shape index (κ1) is 14.8. The molecule has 1 amide bonds. The van der Waals surface area contributed by atoms with Gasteiger partial charge < -0.3 is 11.1 Å². The second-order valence-electron chi connectivity index (χ2n) is 6.74. The number of nitrogens with two attached hydrogens (primary N) is 1. The van der Waals surface area contributed by atoms with Crippen molar-refractivity contribution in [1.82, 2.24) is 5.32 Å². The van der Waals surface area contributed by atoms with Crippen LogP contribution in [0.25, 0.3) is 0 Å². The number of hydrogen-bond donors (Lipinski definition) is 2. The maximum Gasteiger partial charge on any atom is 0.223 e. The zero-order valence-electron chi connectivity index (χ0n) is 12.4. The average molecular weight is 266 g/mol. The molecule has 0 aromatic carbocycles. The van der Waals surface area contributed by atoms with Gasteiger partial charge in [-0.25, -0.2) is 0 Å². The van der Waals surface area contributed by atoms with E-state index >= 15 is 0 Å². The molecule has 19 heavy (non-hydrogen) atoms. The summed E-state index contributed by atoms with van der Waals surface area (Å²) < 4.78 is 0. The summed E-state index contributed by atoms with van der Waals surface area (Å²) in [6.45, 7) is 3.93. The molecule has 0 heterocycles. The summed E-state index contributed by atoms with van der Waals surface area (Å²) in [5, 5.41) is 3.21. The molecule has 0 aromatic rings. The molecular formula is C16H30N2O. The minimum atomic E-state index is 0.274. The van der Waals surface area contributed by atoms with E-state index in [0.29, 0.717) is 17.7 Å². The number of rotatable bonds is 4. The highest BCUT2D eigenvalue weighted by atomic mass is 16.1. The molecule has 2 rings (SSSR count). The molecule has 2 saturated carbocycles. The van der Waals surface area contributed by atoms with Gasteiger partial charge in [-0.05, 0) is 62.8 Å². The van der Waals surface area contributed by atoms with Crippen molar-refractivity contribution in [2.24, 2.45) is 29.4 Å². The van der Waals surface area contributed by atoms with Crippen molar-refractivity contribution in [1.29, 1.82) is 0 Å². The average Bonchev–Trinajstić information content (AvgIpc) is 2.45. The Labute approximate surface area is 117 Å². The van der Waals surface area contributed by atoms with Crippen molar-refractivity contribution in [3.8, 4) is 0 Å². The van der Waals surface area contributed by atoms with Crippen LogP contribution < -0.4 is 11.1 Å². The molecule has 2 aliphatic carbocycles.